The van der Waals surface area contributed by atoms with Crippen LogP contribution in [0.15, 0.2) is 24.3 Å². The largest absolute Gasteiger partial charge is 0.381 e. The van der Waals surface area contributed by atoms with Crippen LogP contribution in [0, 0.1) is 13.8 Å². The molecule has 4 nitrogen and oxygen atoms in total. The molecule has 2 aromatic rings. The zero-order valence-corrected chi connectivity index (χ0v) is 12.9. The fourth-order valence-electron chi connectivity index (χ4n) is 2.95. The summed E-state index contributed by atoms with van der Waals surface area (Å²) in [5.74, 6) is 0. The molecule has 0 spiro atoms. The predicted molar refractivity (Wildman–Crippen MR) is 86.3 cm³/mol. The number of aromatic amines is 1. The van der Waals surface area contributed by atoms with Gasteiger partial charge in [0.25, 0.3) is 0 Å². The quantitative estimate of drug-likeness (QED) is 0.886. The Hall–Kier alpha value is -1.81. The van der Waals surface area contributed by atoms with E-state index in [0.717, 1.165) is 24.5 Å². The van der Waals surface area contributed by atoms with Crippen LogP contribution in [0.25, 0.3) is 0 Å². The van der Waals surface area contributed by atoms with Gasteiger partial charge in [-0.05, 0) is 57.5 Å². The van der Waals surface area contributed by atoms with Gasteiger partial charge in [-0.2, -0.15) is 5.10 Å². The first kappa shape index (κ1) is 14.1. The Morgan fingerprint density at radius 2 is 1.86 bits per heavy atom. The van der Waals surface area contributed by atoms with Crippen molar-refractivity contribution in [2.75, 3.05) is 18.4 Å². The van der Waals surface area contributed by atoms with Gasteiger partial charge in [-0.3, -0.25) is 10.00 Å². The van der Waals surface area contributed by atoms with Gasteiger partial charge >= 0.3 is 0 Å². The van der Waals surface area contributed by atoms with E-state index >= 15 is 0 Å². The molecule has 0 bridgehead atoms. The van der Waals surface area contributed by atoms with Crippen molar-refractivity contribution in [1.29, 1.82) is 0 Å². The van der Waals surface area contributed by atoms with Gasteiger partial charge in [0.1, 0.15) is 0 Å². The minimum atomic E-state index is 0.819. The van der Waals surface area contributed by atoms with Gasteiger partial charge in [0.15, 0.2) is 0 Å². The molecule has 21 heavy (non-hydrogen) atoms. The highest BCUT2D eigenvalue weighted by Gasteiger charge is 2.11. The summed E-state index contributed by atoms with van der Waals surface area (Å²) in [6.07, 6.45) is 2.70. The molecule has 0 amide bonds. The van der Waals surface area contributed by atoms with Crippen molar-refractivity contribution in [3.63, 3.8) is 0 Å². The highest BCUT2D eigenvalue weighted by molar-refractivity contribution is 5.45. The SMILES string of the molecule is Cc1n[nH]c(C)c1CNc1ccc(CN2CCCC2)cc1. The van der Waals surface area contributed by atoms with Crippen molar-refractivity contribution >= 4 is 5.69 Å². The van der Waals surface area contributed by atoms with Crippen LogP contribution in [-0.4, -0.2) is 28.2 Å². The summed E-state index contributed by atoms with van der Waals surface area (Å²) in [6.45, 7) is 8.51. The number of H-pyrrole nitrogens is 1. The molecule has 2 N–H and O–H groups in total. The average molecular weight is 284 g/mol. The van der Waals surface area contributed by atoms with Crippen molar-refractivity contribution in [3.8, 4) is 0 Å². The lowest BCUT2D eigenvalue weighted by molar-refractivity contribution is 0.331. The lowest BCUT2D eigenvalue weighted by Crippen LogP contribution is -2.18. The molecular weight excluding hydrogens is 260 g/mol. The molecule has 1 aromatic carbocycles. The van der Waals surface area contributed by atoms with Crippen molar-refractivity contribution in [3.05, 3.63) is 46.8 Å². The van der Waals surface area contributed by atoms with Crippen LogP contribution in [0.5, 0.6) is 0 Å². The first-order chi connectivity index (χ1) is 10.2. The maximum Gasteiger partial charge on any atom is 0.0643 e. The predicted octanol–water partition coefficient (Wildman–Crippen LogP) is 3.23. The topological polar surface area (TPSA) is 44.0 Å². The molecule has 0 aliphatic carbocycles. The van der Waals surface area contributed by atoms with E-state index in [0.29, 0.717) is 0 Å². The Kier molecular flexibility index (Phi) is 4.25. The normalized spacial score (nSPS) is 15.5. The summed E-state index contributed by atoms with van der Waals surface area (Å²) in [7, 11) is 0. The summed E-state index contributed by atoms with van der Waals surface area (Å²) in [5.41, 5.74) is 6.05. The third-order valence-corrected chi connectivity index (χ3v) is 4.31. The number of nitrogens with zero attached hydrogens (tertiary/aromatic N) is 2. The van der Waals surface area contributed by atoms with Gasteiger partial charge in [0.05, 0.1) is 5.69 Å². The molecule has 2 heterocycles. The molecule has 1 aromatic heterocycles. The standard InChI is InChI=1S/C17H24N4/c1-13-17(14(2)20-19-13)11-18-16-7-5-15(6-8-16)12-21-9-3-4-10-21/h5-8,18H,3-4,9-12H2,1-2H3,(H,19,20). The minimum absolute atomic E-state index is 0.819. The fourth-order valence-corrected chi connectivity index (χ4v) is 2.95. The lowest BCUT2D eigenvalue weighted by Gasteiger charge is -2.15. The second-order valence-electron chi connectivity index (χ2n) is 5.95. The van der Waals surface area contributed by atoms with Crippen molar-refractivity contribution < 1.29 is 0 Å². The molecule has 0 radical (unpaired) electrons. The smallest absolute Gasteiger partial charge is 0.0643 e. The van der Waals surface area contributed by atoms with Gasteiger partial charge in [-0.25, -0.2) is 0 Å². The molecule has 0 atom stereocenters. The zero-order chi connectivity index (χ0) is 14.7. The molecule has 0 saturated carbocycles. The second-order valence-corrected chi connectivity index (χ2v) is 5.95. The van der Waals surface area contributed by atoms with Gasteiger partial charge in [-0.1, -0.05) is 12.1 Å². The molecule has 1 saturated heterocycles. The molecule has 112 valence electrons. The van der Waals surface area contributed by atoms with Crippen LogP contribution >= 0.6 is 0 Å². The summed E-state index contributed by atoms with van der Waals surface area (Å²) in [6, 6.07) is 8.82. The number of hydrogen-bond donors (Lipinski definition) is 2. The highest BCUT2D eigenvalue weighted by Crippen LogP contribution is 2.17. The molecule has 4 heteroatoms. The van der Waals surface area contributed by atoms with Crippen LogP contribution in [0.1, 0.15) is 35.4 Å². The van der Waals surface area contributed by atoms with Gasteiger partial charge < -0.3 is 5.32 Å². The van der Waals surface area contributed by atoms with Crippen LogP contribution in [-0.2, 0) is 13.1 Å². The Bertz CT molecular complexity index is 560. The zero-order valence-electron chi connectivity index (χ0n) is 12.9. The van der Waals surface area contributed by atoms with E-state index in [2.05, 4.69) is 51.6 Å². The van der Waals surface area contributed by atoms with E-state index in [1.165, 1.54) is 42.7 Å². The van der Waals surface area contributed by atoms with E-state index in [-0.39, 0.29) is 0 Å². The van der Waals surface area contributed by atoms with Crippen molar-refractivity contribution in [1.82, 2.24) is 15.1 Å². The molecule has 1 fully saturated rings. The van der Waals surface area contributed by atoms with Crippen LogP contribution in [0.4, 0.5) is 5.69 Å². The van der Waals surface area contributed by atoms with E-state index in [1.807, 2.05) is 6.92 Å². The van der Waals surface area contributed by atoms with Gasteiger partial charge in [-0.15, -0.1) is 0 Å². The third-order valence-electron chi connectivity index (χ3n) is 4.31. The number of hydrogen-bond acceptors (Lipinski definition) is 3. The van der Waals surface area contributed by atoms with Crippen molar-refractivity contribution in [2.45, 2.75) is 39.8 Å². The molecule has 3 rings (SSSR count). The number of aromatic nitrogens is 2. The molecule has 0 unspecified atom stereocenters. The summed E-state index contributed by atoms with van der Waals surface area (Å²) < 4.78 is 0. The summed E-state index contributed by atoms with van der Waals surface area (Å²) in [4.78, 5) is 2.53. The van der Waals surface area contributed by atoms with E-state index in [9.17, 15) is 0 Å². The number of aryl methyl sites for hydroxylation is 2. The Morgan fingerprint density at radius 3 is 2.48 bits per heavy atom. The molecule has 1 aliphatic heterocycles. The first-order valence-electron chi connectivity index (χ1n) is 7.78. The second kappa shape index (κ2) is 6.31. The number of nitrogens with one attached hydrogen (secondary N) is 2. The lowest BCUT2D eigenvalue weighted by atomic mass is 10.1. The Labute approximate surface area is 126 Å². The Balaban J connectivity index is 1.57. The van der Waals surface area contributed by atoms with Crippen LogP contribution < -0.4 is 5.32 Å². The number of rotatable bonds is 5. The fraction of sp³-hybridized carbons (Fsp3) is 0.471. The molecular formula is C17H24N4. The van der Waals surface area contributed by atoms with Gasteiger partial charge in [0.2, 0.25) is 0 Å². The van der Waals surface area contributed by atoms with E-state index < -0.39 is 0 Å². The first-order valence-corrected chi connectivity index (χ1v) is 7.78. The number of likely N-dealkylation sites (tertiary alicyclic amines) is 1. The van der Waals surface area contributed by atoms with Gasteiger partial charge in [0, 0.05) is 30.0 Å². The minimum Gasteiger partial charge on any atom is -0.381 e. The highest BCUT2D eigenvalue weighted by atomic mass is 15.1. The maximum absolute atomic E-state index is 4.23. The van der Waals surface area contributed by atoms with Crippen LogP contribution in [0.2, 0.25) is 0 Å². The number of benzene rings is 1. The van der Waals surface area contributed by atoms with E-state index in [1.54, 1.807) is 0 Å². The van der Waals surface area contributed by atoms with Crippen molar-refractivity contribution in [2.24, 2.45) is 0 Å². The number of anilines is 1. The third kappa shape index (κ3) is 3.45. The summed E-state index contributed by atoms with van der Waals surface area (Å²) >= 11 is 0. The monoisotopic (exact) mass is 284 g/mol. The summed E-state index contributed by atoms with van der Waals surface area (Å²) in [5, 5.41) is 10.7. The average Bonchev–Trinajstić information content (AvgIpc) is 3.10. The van der Waals surface area contributed by atoms with E-state index in [4.69, 9.17) is 0 Å². The Morgan fingerprint density at radius 1 is 1.14 bits per heavy atom. The van der Waals surface area contributed by atoms with Crippen LogP contribution in [0.3, 0.4) is 0 Å². The molecule has 1 aliphatic rings. The maximum atomic E-state index is 4.23.